The molecule has 6 nitrogen and oxygen atoms in total. The second-order valence-corrected chi connectivity index (χ2v) is 11.9. The van der Waals surface area contributed by atoms with Crippen LogP contribution in [0.2, 0.25) is 0 Å². The number of halogens is 6. The number of anilines is 2. The van der Waals surface area contributed by atoms with Crippen LogP contribution in [0.3, 0.4) is 0 Å². The maximum absolute atomic E-state index is 13.3. The third kappa shape index (κ3) is 8.68. The van der Waals surface area contributed by atoms with Crippen molar-refractivity contribution in [3.8, 4) is 5.75 Å². The van der Waals surface area contributed by atoms with E-state index in [1.807, 2.05) is 0 Å². The first kappa shape index (κ1) is 31.8. The van der Waals surface area contributed by atoms with Gasteiger partial charge in [-0.3, -0.25) is 4.79 Å². The highest BCUT2D eigenvalue weighted by molar-refractivity contribution is 5.77. The van der Waals surface area contributed by atoms with E-state index in [4.69, 9.17) is 4.74 Å². The molecule has 0 radical (unpaired) electrons. The lowest BCUT2D eigenvalue weighted by molar-refractivity contribution is -0.276. The molecule has 2 aromatic rings. The molecule has 1 aliphatic carbocycles. The van der Waals surface area contributed by atoms with Crippen LogP contribution in [-0.2, 0) is 21.1 Å². The fourth-order valence-electron chi connectivity index (χ4n) is 5.33. The summed E-state index contributed by atoms with van der Waals surface area (Å²) in [7, 11) is 0. The van der Waals surface area contributed by atoms with Gasteiger partial charge in [-0.15, -0.1) is 13.2 Å². The van der Waals surface area contributed by atoms with Crippen LogP contribution in [-0.4, -0.2) is 62.1 Å². The van der Waals surface area contributed by atoms with Gasteiger partial charge in [-0.2, -0.15) is 13.2 Å². The maximum atomic E-state index is 13.3. The minimum atomic E-state index is -5.23. The van der Waals surface area contributed by atoms with E-state index in [2.05, 4.69) is 60.0 Å². The molecule has 2 aliphatic rings. The molecule has 0 spiro atoms. The number of benzene rings is 2. The van der Waals surface area contributed by atoms with Crippen LogP contribution in [0.25, 0.3) is 0 Å². The summed E-state index contributed by atoms with van der Waals surface area (Å²) in [4.78, 5) is 16.8. The topological polar surface area (TPSA) is 54.0 Å². The largest absolute Gasteiger partial charge is 0.573 e. The number of amides is 1. The number of nitrogens with zero attached hydrogens (tertiary/aromatic N) is 2. The Labute approximate surface area is 241 Å². The standard InChI is InChI=1S/C30H37F6N3O3/c1-28(2,3)20-4-9-23(10-5-20)38-14-16-39(17-15-38)27(40)19-41-24-11-6-21(7-12-24)37-22-8-13-26(42-30(34,35)36)25(18-22)29(31,32)33/h4-5,8-10,13,18,21,24,37H,6-7,11-12,14-17,19H2,1-3H3/t21-,24+. The molecule has 1 heterocycles. The predicted octanol–water partition coefficient (Wildman–Crippen LogP) is 6.99. The van der Waals surface area contributed by atoms with Crippen molar-refractivity contribution in [2.45, 2.75) is 76.6 Å². The smallest absolute Gasteiger partial charge is 0.405 e. The van der Waals surface area contributed by atoms with Crippen molar-refractivity contribution >= 4 is 17.3 Å². The fourth-order valence-corrected chi connectivity index (χ4v) is 5.33. The van der Waals surface area contributed by atoms with Gasteiger partial charge in [-0.1, -0.05) is 32.9 Å². The number of carbonyl (C=O) groups excluding carboxylic acids is 1. The quantitative estimate of drug-likeness (QED) is 0.347. The molecule has 2 aromatic carbocycles. The lowest BCUT2D eigenvalue weighted by Gasteiger charge is -2.37. The molecule has 12 heteroatoms. The molecule has 232 valence electrons. The molecule has 42 heavy (non-hydrogen) atoms. The minimum Gasteiger partial charge on any atom is -0.405 e. The molecule has 0 aromatic heterocycles. The zero-order valence-electron chi connectivity index (χ0n) is 23.9. The molecule has 4 rings (SSSR count). The molecule has 1 amide bonds. The van der Waals surface area contributed by atoms with Gasteiger partial charge in [0.2, 0.25) is 5.91 Å². The Morgan fingerprint density at radius 1 is 0.881 bits per heavy atom. The molecule has 1 aliphatic heterocycles. The normalized spacial score (nSPS) is 20.4. The zero-order valence-corrected chi connectivity index (χ0v) is 23.9. The number of hydrogen-bond donors (Lipinski definition) is 1. The molecular weight excluding hydrogens is 564 g/mol. The van der Waals surface area contributed by atoms with Gasteiger partial charge in [0.15, 0.2) is 0 Å². The van der Waals surface area contributed by atoms with Gasteiger partial charge in [-0.25, -0.2) is 0 Å². The number of hydrogen-bond acceptors (Lipinski definition) is 5. The Morgan fingerprint density at radius 3 is 2.05 bits per heavy atom. The third-order valence-electron chi connectivity index (χ3n) is 7.73. The van der Waals surface area contributed by atoms with Crippen LogP contribution < -0.4 is 15.0 Å². The van der Waals surface area contributed by atoms with Gasteiger partial charge in [0, 0.05) is 43.6 Å². The number of rotatable bonds is 7. The van der Waals surface area contributed by atoms with Crippen molar-refractivity contribution in [1.29, 1.82) is 0 Å². The zero-order chi connectivity index (χ0) is 30.7. The molecule has 1 saturated carbocycles. The van der Waals surface area contributed by atoms with E-state index in [-0.39, 0.29) is 35.8 Å². The maximum Gasteiger partial charge on any atom is 0.573 e. The summed E-state index contributed by atoms with van der Waals surface area (Å²) in [6, 6.07) is 10.8. The second-order valence-electron chi connectivity index (χ2n) is 11.9. The van der Waals surface area contributed by atoms with E-state index in [1.165, 1.54) is 5.56 Å². The Morgan fingerprint density at radius 2 is 1.50 bits per heavy atom. The summed E-state index contributed by atoms with van der Waals surface area (Å²) < 4.78 is 87.0. The second kappa shape index (κ2) is 12.6. The van der Waals surface area contributed by atoms with Crippen molar-refractivity contribution in [1.82, 2.24) is 4.90 Å². The summed E-state index contributed by atoms with van der Waals surface area (Å²) in [5.74, 6) is -1.36. The number of piperazine rings is 1. The van der Waals surface area contributed by atoms with E-state index >= 15 is 0 Å². The number of carbonyl (C=O) groups is 1. The Balaban J connectivity index is 1.20. The monoisotopic (exact) mass is 601 g/mol. The van der Waals surface area contributed by atoms with E-state index in [0.717, 1.165) is 24.8 Å². The van der Waals surface area contributed by atoms with Crippen LogP contribution in [0.1, 0.15) is 57.6 Å². The number of ether oxygens (including phenoxy) is 2. The van der Waals surface area contributed by atoms with Gasteiger partial charge >= 0.3 is 12.5 Å². The summed E-state index contributed by atoms with van der Waals surface area (Å²) >= 11 is 0. The fraction of sp³-hybridized carbons (Fsp3) is 0.567. The first-order valence-electron chi connectivity index (χ1n) is 14.1. The van der Waals surface area contributed by atoms with Crippen molar-refractivity contribution < 1.29 is 40.6 Å². The summed E-state index contributed by atoms with van der Waals surface area (Å²) in [5.41, 5.74) is 1.05. The molecule has 1 saturated heterocycles. The highest BCUT2D eigenvalue weighted by Gasteiger charge is 2.39. The van der Waals surface area contributed by atoms with Crippen LogP contribution >= 0.6 is 0 Å². The molecule has 0 bridgehead atoms. The van der Waals surface area contributed by atoms with Crippen LogP contribution in [0.4, 0.5) is 37.7 Å². The Bertz CT molecular complexity index is 1190. The van der Waals surface area contributed by atoms with Crippen molar-refractivity contribution in [2.75, 3.05) is 43.0 Å². The molecule has 0 unspecified atom stereocenters. The lowest BCUT2D eigenvalue weighted by atomic mass is 9.87. The van der Waals surface area contributed by atoms with E-state index < -0.39 is 23.9 Å². The van der Waals surface area contributed by atoms with Crippen molar-refractivity contribution in [2.24, 2.45) is 0 Å². The average molecular weight is 602 g/mol. The first-order chi connectivity index (χ1) is 19.6. The van der Waals surface area contributed by atoms with Crippen molar-refractivity contribution in [3.05, 3.63) is 53.6 Å². The first-order valence-corrected chi connectivity index (χ1v) is 14.1. The molecule has 0 atom stereocenters. The van der Waals surface area contributed by atoms with Gasteiger partial charge in [0.25, 0.3) is 0 Å². The summed E-state index contributed by atoms with van der Waals surface area (Å²) in [6.45, 7) is 9.17. The third-order valence-corrected chi connectivity index (χ3v) is 7.73. The van der Waals surface area contributed by atoms with Crippen molar-refractivity contribution in [3.63, 3.8) is 0 Å². The van der Waals surface area contributed by atoms with Gasteiger partial charge < -0.3 is 24.6 Å². The summed E-state index contributed by atoms with van der Waals surface area (Å²) in [6.07, 6.45) is -8.04. The Kier molecular flexibility index (Phi) is 9.54. The average Bonchev–Trinajstić information content (AvgIpc) is 2.91. The SMILES string of the molecule is CC(C)(C)c1ccc(N2CCN(C(=O)CO[C@H]3CC[C@@H](Nc4ccc(OC(F)(F)F)c(C(F)(F)F)c4)CC3)CC2)cc1. The van der Waals surface area contributed by atoms with E-state index in [0.29, 0.717) is 50.9 Å². The minimum absolute atomic E-state index is 0.0291. The highest BCUT2D eigenvalue weighted by atomic mass is 19.4. The highest BCUT2D eigenvalue weighted by Crippen LogP contribution is 2.40. The van der Waals surface area contributed by atoms with Gasteiger partial charge in [0.1, 0.15) is 12.4 Å². The van der Waals surface area contributed by atoms with Crippen LogP contribution in [0.5, 0.6) is 5.75 Å². The molecule has 1 N–H and O–H groups in total. The van der Waals surface area contributed by atoms with Crippen LogP contribution in [0.15, 0.2) is 42.5 Å². The van der Waals surface area contributed by atoms with Gasteiger partial charge in [-0.05, 0) is 67.0 Å². The molecular formula is C30H37F6N3O3. The summed E-state index contributed by atoms with van der Waals surface area (Å²) in [5, 5.41) is 2.98. The van der Waals surface area contributed by atoms with E-state index in [9.17, 15) is 31.1 Å². The number of nitrogens with one attached hydrogen (secondary N) is 1. The van der Waals surface area contributed by atoms with Crippen LogP contribution in [0, 0.1) is 0 Å². The number of alkyl halides is 6. The predicted molar refractivity (Wildman–Crippen MR) is 148 cm³/mol. The van der Waals surface area contributed by atoms with Gasteiger partial charge in [0.05, 0.1) is 11.7 Å². The molecule has 2 fully saturated rings. The lowest BCUT2D eigenvalue weighted by Crippen LogP contribution is -2.50. The van der Waals surface area contributed by atoms with E-state index in [1.54, 1.807) is 4.90 Å². The Hall–Kier alpha value is -3.15.